The zero-order valence-electron chi connectivity index (χ0n) is 13.2. The highest BCUT2D eigenvalue weighted by atomic mass is 32.1. The standard InChI is InChI=1S/C16H25N3O2S/c1-21-10-7-16(5-2-6-16)14(20)19-15-18-11-13(22-15)12-3-8-17-9-4-12/h11-12,17H,2-10H2,1H3,(H,18,19,20). The summed E-state index contributed by atoms with van der Waals surface area (Å²) in [7, 11) is 1.69. The third-order valence-electron chi connectivity index (χ3n) is 5.06. The molecule has 122 valence electrons. The van der Waals surface area contributed by atoms with Crippen molar-refractivity contribution in [2.75, 3.05) is 32.1 Å². The average molecular weight is 323 g/mol. The van der Waals surface area contributed by atoms with E-state index in [1.165, 1.54) is 4.88 Å². The molecular weight excluding hydrogens is 298 g/mol. The Balaban J connectivity index is 1.60. The topological polar surface area (TPSA) is 63.2 Å². The lowest BCUT2D eigenvalue weighted by atomic mass is 9.66. The Morgan fingerprint density at radius 2 is 2.27 bits per heavy atom. The fraction of sp³-hybridized carbons (Fsp3) is 0.750. The Kier molecular flexibility index (Phi) is 5.10. The molecule has 1 aliphatic heterocycles. The van der Waals surface area contributed by atoms with Crippen molar-refractivity contribution in [3.63, 3.8) is 0 Å². The molecule has 2 N–H and O–H groups in total. The van der Waals surface area contributed by atoms with E-state index in [-0.39, 0.29) is 11.3 Å². The highest BCUT2D eigenvalue weighted by molar-refractivity contribution is 7.15. The smallest absolute Gasteiger partial charge is 0.232 e. The highest BCUT2D eigenvalue weighted by Gasteiger charge is 2.43. The molecule has 0 spiro atoms. The van der Waals surface area contributed by atoms with Gasteiger partial charge in [0.1, 0.15) is 0 Å². The summed E-state index contributed by atoms with van der Waals surface area (Å²) in [6.07, 6.45) is 8.14. The van der Waals surface area contributed by atoms with Crippen molar-refractivity contribution in [3.8, 4) is 0 Å². The van der Waals surface area contributed by atoms with Gasteiger partial charge in [-0.2, -0.15) is 0 Å². The number of rotatable bonds is 6. The second kappa shape index (κ2) is 7.06. The van der Waals surface area contributed by atoms with E-state index in [2.05, 4.69) is 15.6 Å². The second-order valence-electron chi connectivity index (χ2n) is 6.42. The van der Waals surface area contributed by atoms with E-state index in [0.717, 1.165) is 56.7 Å². The van der Waals surface area contributed by atoms with Gasteiger partial charge in [0.2, 0.25) is 5.91 Å². The summed E-state index contributed by atoms with van der Waals surface area (Å²) in [5.74, 6) is 0.720. The molecule has 1 aromatic rings. The Morgan fingerprint density at radius 3 is 2.91 bits per heavy atom. The number of hydrogen-bond donors (Lipinski definition) is 2. The zero-order valence-corrected chi connectivity index (χ0v) is 14.0. The molecule has 0 bridgehead atoms. The van der Waals surface area contributed by atoms with Crippen LogP contribution in [0.2, 0.25) is 0 Å². The first-order chi connectivity index (χ1) is 10.7. The van der Waals surface area contributed by atoms with Crippen molar-refractivity contribution in [2.24, 2.45) is 5.41 Å². The first-order valence-corrected chi connectivity index (χ1v) is 9.02. The van der Waals surface area contributed by atoms with E-state index in [4.69, 9.17) is 4.74 Å². The summed E-state index contributed by atoms with van der Waals surface area (Å²) in [5, 5.41) is 7.18. The monoisotopic (exact) mass is 323 g/mol. The number of methoxy groups -OCH3 is 1. The molecular formula is C16H25N3O2S. The maximum absolute atomic E-state index is 12.6. The van der Waals surface area contributed by atoms with Crippen molar-refractivity contribution >= 4 is 22.4 Å². The van der Waals surface area contributed by atoms with Crippen LogP contribution in [0.15, 0.2) is 6.20 Å². The van der Waals surface area contributed by atoms with Gasteiger partial charge in [-0.05, 0) is 51.1 Å². The van der Waals surface area contributed by atoms with Gasteiger partial charge in [-0.1, -0.05) is 6.42 Å². The number of ether oxygens (including phenoxy) is 1. The number of carbonyl (C=O) groups is 1. The van der Waals surface area contributed by atoms with Crippen molar-refractivity contribution in [2.45, 2.75) is 44.4 Å². The van der Waals surface area contributed by atoms with Crippen LogP contribution in [0.5, 0.6) is 0 Å². The van der Waals surface area contributed by atoms with Crippen LogP contribution in [0, 0.1) is 5.41 Å². The molecule has 1 aromatic heterocycles. The molecule has 1 saturated carbocycles. The first kappa shape index (κ1) is 15.9. The van der Waals surface area contributed by atoms with Crippen LogP contribution in [-0.2, 0) is 9.53 Å². The third-order valence-corrected chi connectivity index (χ3v) is 6.14. The van der Waals surface area contributed by atoms with Crippen molar-refractivity contribution < 1.29 is 9.53 Å². The molecule has 2 fully saturated rings. The maximum Gasteiger partial charge on any atom is 0.232 e. The summed E-state index contributed by atoms with van der Waals surface area (Å²) >= 11 is 1.64. The molecule has 0 radical (unpaired) electrons. The lowest BCUT2D eigenvalue weighted by Crippen LogP contribution is -2.42. The number of aromatic nitrogens is 1. The summed E-state index contributed by atoms with van der Waals surface area (Å²) in [6, 6.07) is 0. The van der Waals surface area contributed by atoms with Crippen LogP contribution in [-0.4, -0.2) is 37.7 Å². The van der Waals surface area contributed by atoms with Gasteiger partial charge in [0.05, 0.1) is 5.41 Å². The molecule has 0 unspecified atom stereocenters. The largest absolute Gasteiger partial charge is 0.385 e. The van der Waals surface area contributed by atoms with E-state index < -0.39 is 0 Å². The van der Waals surface area contributed by atoms with Gasteiger partial charge in [0, 0.05) is 24.8 Å². The highest BCUT2D eigenvalue weighted by Crippen LogP contribution is 2.45. The third kappa shape index (κ3) is 3.34. The molecule has 0 aromatic carbocycles. The van der Waals surface area contributed by atoms with E-state index in [1.807, 2.05) is 6.20 Å². The number of hydrogen-bond acceptors (Lipinski definition) is 5. The lowest BCUT2D eigenvalue weighted by molar-refractivity contribution is -0.131. The van der Waals surface area contributed by atoms with Crippen LogP contribution in [0.4, 0.5) is 5.13 Å². The quantitative estimate of drug-likeness (QED) is 0.845. The van der Waals surface area contributed by atoms with Crippen molar-refractivity contribution in [1.29, 1.82) is 0 Å². The van der Waals surface area contributed by atoms with Crippen LogP contribution in [0.3, 0.4) is 0 Å². The number of amides is 1. The zero-order chi connectivity index (χ0) is 15.4. The lowest BCUT2D eigenvalue weighted by Gasteiger charge is -2.39. The van der Waals surface area contributed by atoms with Gasteiger partial charge in [-0.3, -0.25) is 4.79 Å². The van der Waals surface area contributed by atoms with Crippen LogP contribution in [0.1, 0.15) is 49.3 Å². The summed E-state index contributed by atoms with van der Waals surface area (Å²) in [5.41, 5.74) is -0.226. The fourth-order valence-electron chi connectivity index (χ4n) is 3.36. The SMILES string of the molecule is COCCC1(C(=O)Nc2ncc(C3CCNCC3)s2)CCC1. The van der Waals surface area contributed by atoms with Crippen LogP contribution in [0.25, 0.3) is 0 Å². The predicted octanol–water partition coefficient (Wildman–Crippen LogP) is 2.76. The van der Waals surface area contributed by atoms with Gasteiger partial charge < -0.3 is 15.4 Å². The minimum absolute atomic E-state index is 0.127. The molecule has 22 heavy (non-hydrogen) atoms. The van der Waals surface area contributed by atoms with Gasteiger partial charge in [-0.25, -0.2) is 4.98 Å². The fourth-order valence-corrected chi connectivity index (χ4v) is 4.34. The normalized spacial score (nSPS) is 21.3. The average Bonchev–Trinajstić information content (AvgIpc) is 2.96. The molecule has 0 atom stereocenters. The number of anilines is 1. The van der Waals surface area contributed by atoms with Crippen molar-refractivity contribution in [1.82, 2.24) is 10.3 Å². The van der Waals surface area contributed by atoms with Gasteiger partial charge in [0.15, 0.2) is 5.13 Å². The number of carbonyl (C=O) groups excluding carboxylic acids is 1. The summed E-state index contributed by atoms with van der Waals surface area (Å²) < 4.78 is 5.16. The van der Waals surface area contributed by atoms with E-state index in [0.29, 0.717) is 12.5 Å². The second-order valence-corrected chi connectivity index (χ2v) is 7.49. The number of thiazole rings is 1. The van der Waals surface area contributed by atoms with Crippen LogP contribution < -0.4 is 10.6 Å². The minimum atomic E-state index is -0.226. The van der Waals surface area contributed by atoms with E-state index >= 15 is 0 Å². The molecule has 3 rings (SSSR count). The van der Waals surface area contributed by atoms with Gasteiger partial charge in [-0.15, -0.1) is 11.3 Å². The molecule has 6 heteroatoms. The maximum atomic E-state index is 12.6. The predicted molar refractivity (Wildman–Crippen MR) is 88.4 cm³/mol. The van der Waals surface area contributed by atoms with E-state index in [1.54, 1.807) is 18.4 Å². The van der Waals surface area contributed by atoms with Gasteiger partial charge >= 0.3 is 0 Å². The molecule has 1 aliphatic carbocycles. The molecule has 2 aliphatic rings. The number of nitrogens with zero attached hydrogens (tertiary/aromatic N) is 1. The Labute approximate surface area is 135 Å². The number of nitrogens with one attached hydrogen (secondary N) is 2. The van der Waals surface area contributed by atoms with Crippen molar-refractivity contribution in [3.05, 3.63) is 11.1 Å². The molecule has 2 heterocycles. The van der Waals surface area contributed by atoms with E-state index in [9.17, 15) is 4.79 Å². The minimum Gasteiger partial charge on any atom is -0.385 e. The Hall–Kier alpha value is -0.980. The number of piperidine rings is 1. The molecule has 1 amide bonds. The first-order valence-electron chi connectivity index (χ1n) is 8.20. The van der Waals surface area contributed by atoms with Gasteiger partial charge in [0.25, 0.3) is 0 Å². The summed E-state index contributed by atoms with van der Waals surface area (Å²) in [4.78, 5) is 18.3. The molecule has 1 saturated heterocycles. The Morgan fingerprint density at radius 1 is 1.50 bits per heavy atom. The summed E-state index contributed by atoms with van der Waals surface area (Å²) in [6.45, 7) is 2.79. The Bertz CT molecular complexity index is 507. The van der Waals surface area contributed by atoms with Crippen LogP contribution >= 0.6 is 11.3 Å². The molecule has 5 nitrogen and oxygen atoms in total.